The second-order valence-electron chi connectivity index (χ2n) is 4.07. The molecule has 0 fully saturated rings. The maximum absolute atomic E-state index is 12.0. The van der Waals surface area contributed by atoms with Gasteiger partial charge in [0.2, 0.25) is 0 Å². The van der Waals surface area contributed by atoms with E-state index in [4.69, 9.17) is 0 Å². The number of hydrogen-bond donors (Lipinski definition) is 2. The van der Waals surface area contributed by atoms with E-state index in [1.165, 1.54) is 4.88 Å². The molecule has 0 unspecified atom stereocenters. The van der Waals surface area contributed by atoms with Crippen LogP contribution in [-0.4, -0.2) is 19.5 Å². The third-order valence-corrected chi connectivity index (χ3v) is 4.45. The van der Waals surface area contributed by atoms with Gasteiger partial charge in [0.15, 0.2) is 0 Å². The van der Waals surface area contributed by atoms with Gasteiger partial charge in [0, 0.05) is 39.6 Å². The molecule has 2 aromatic rings. The number of thiophene rings is 1. The molecule has 1 aromatic heterocycles. The second kappa shape index (κ2) is 6.73. The molecule has 0 aliphatic rings. The topological polar surface area (TPSA) is 41.1 Å². The Morgan fingerprint density at radius 2 is 2.21 bits per heavy atom. The smallest absolute Gasteiger partial charge is 0.251 e. The van der Waals surface area contributed by atoms with Gasteiger partial charge in [-0.25, -0.2) is 0 Å². The molecule has 3 nitrogen and oxygen atoms in total. The van der Waals surface area contributed by atoms with E-state index in [1.54, 1.807) is 11.3 Å². The molecule has 0 atom stereocenters. The molecule has 0 radical (unpaired) electrons. The molecule has 100 valence electrons. The van der Waals surface area contributed by atoms with E-state index < -0.39 is 0 Å². The van der Waals surface area contributed by atoms with Crippen LogP contribution in [0.4, 0.5) is 5.69 Å². The minimum Gasteiger partial charge on any atom is -0.388 e. The molecule has 5 heteroatoms. The molecule has 0 saturated carbocycles. The van der Waals surface area contributed by atoms with Crippen LogP contribution in [0.3, 0.4) is 0 Å². The Balaban J connectivity index is 1.87. The summed E-state index contributed by atoms with van der Waals surface area (Å²) in [6.07, 6.45) is 0.855. The monoisotopic (exact) mass is 338 g/mol. The molecule has 19 heavy (non-hydrogen) atoms. The predicted octanol–water partition coefficient (Wildman–Crippen LogP) is 3.52. The zero-order chi connectivity index (χ0) is 13.7. The van der Waals surface area contributed by atoms with Crippen LogP contribution < -0.4 is 10.6 Å². The molecule has 0 bridgehead atoms. The van der Waals surface area contributed by atoms with Gasteiger partial charge >= 0.3 is 0 Å². The van der Waals surface area contributed by atoms with Crippen molar-refractivity contribution >= 4 is 38.9 Å². The summed E-state index contributed by atoms with van der Waals surface area (Å²) in [5.74, 6) is -0.0345. The lowest BCUT2D eigenvalue weighted by Crippen LogP contribution is -2.25. The van der Waals surface area contributed by atoms with E-state index in [0.29, 0.717) is 12.1 Å². The lowest BCUT2D eigenvalue weighted by Gasteiger charge is -2.06. The van der Waals surface area contributed by atoms with Gasteiger partial charge in [0.05, 0.1) is 0 Å². The lowest BCUT2D eigenvalue weighted by atomic mass is 10.2. The first-order valence-electron chi connectivity index (χ1n) is 5.98. The molecule has 2 N–H and O–H groups in total. The number of amides is 1. The number of anilines is 1. The first-order valence-corrected chi connectivity index (χ1v) is 7.65. The van der Waals surface area contributed by atoms with Crippen LogP contribution >= 0.6 is 27.3 Å². The number of halogens is 1. The molecular weight excluding hydrogens is 324 g/mol. The van der Waals surface area contributed by atoms with E-state index >= 15 is 0 Å². The van der Waals surface area contributed by atoms with Crippen molar-refractivity contribution in [3.05, 3.63) is 50.6 Å². The molecular formula is C14H15BrN2OS. The van der Waals surface area contributed by atoms with Crippen molar-refractivity contribution in [2.24, 2.45) is 0 Å². The fourth-order valence-corrected chi connectivity index (χ4v) is 3.16. The summed E-state index contributed by atoms with van der Waals surface area (Å²) in [7, 11) is 1.84. The number of benzene rings is 1. The normalized spacial score (nSPS) is 10.2. The molecule has 1 aromatic carbocycles. The van der Waals surface area contributed by atoms with Crippen LogP contribution in [0, 0.1) is 0 Å². The average Bonchev–Trinajstić information content (AvgIpc) is 2.84. The number of rotatable bonds is 5. The summed E-state index contributed by atoms with van der Waals surface area (Å²) < 4.78 is 1.10. The maximum Gasteiger partial charge on any atom is 0.251 e. The number of carbonyl (C=O) groups excluding carboxylic acids is 1. The first-order chi connectivity index (χ1) is 9.19. The molecule has 0 saturated heterocycles. The maximum atomic E-state index is 12.0. The van der Waals surface area contributed by atoms with E-state index in [9.17, 15) is 4.79 Å². The minimum atomic E-state index is -0.0345. The fraction of sp³-hybridized carbons (Fsp3) is 0.214. The Morgan fingerprint density at radius 1 is 1.37 bits per heavy atom. The Labute approximate surface area is 125 Å². The quantitative estimate of drug-likeness (QED) is 0.875. The van der Waals surface area contributed by atoms with Gasteiger partial charge in [-0.1, -0.05) is 6.07 Å². The highest BCUT2D eigenvalue weighted by Gasteiger charge is 2.05. The summed E-state index contributed by atoms with van der Waals surface area (Å²) in [6.45, 7) is 0.648. The highest BCUT2D eigenvalue weighted by molar-refractivity contribution is 9.10. The predicted molar refractivity (Wildman–Crippen MR) is 84.0 cm³/mol. The van der Waals surface area contributed by atoms with Crippen molar-refractivity contribution in [3.63, 3.8) is 0 Å². The molecule has 0 spiro atoms. The third kappa shape index (κ3) is 4.08. The van der Waals surface area contributed by atoms with Crippen LogP contribution in [0.1, 0.15) is 15.2 Å². The van der Waals surface area contributed by atoms with Crippen molar-refractivity contribution in [3.8, 4) is 0 Å². The summed E-state index contributed by atoms with van der Waals surface area (Å²) >= 11 is 5.12. The summed E-state index contributed by atoms with van der Waals surface area (Å²) in [5, 5.41) is 8.01. The molecule has 0 aliphatic heterocycles. The van der Waals surface area contributed by atoms with Crippen molar-refractivity contribution in [2.75, 3.05) is 18.9 Å². The van der Waals surface area contributed by atoms with Crippen molar-refractivity contribution < 1.29 is 4.79 Å². The average molecular weight is 339 g/mol. The van der Waals surface area contributed by atoms with Crippen LogP contribution in [0.2, 0.25) is 0 Å². The molecule has 2 rings (SSSR count). The fourth-order valence-electron chi connectivity index (χ4n) is 1.70. The van der Waals surface area contributed by atoms with Crippen LogP contribution in [0.5, 0.6) is 0 Å². The van der Waals surface area contributed by atoms with Crippen LogP contribution in [-0.2, 0) is 6.42 Å². The summed E-state index contributed by atoms with van der Waals surface area (Å²) in [5.41, 5.74) is 1.62. The Bertz CT molecular complexity index is 568. The third-order valence-electron chi connectivity index (χ3n) is 2.69. The van der Waals surface area contributed by atoms with Gasteiger partial charge in [-0.3, -0.25) is 4.79 Å². The number of nitrogens with one attached hydrogen (secondary N) is 2. The van der Waals surface area contributed by atoms with Gasteiger partial charge in [-0.2, -0.15) is 0 Å². The van der Waals surface area contributed by atoms with Gasteiger partial charge in [-0.15, -0.1) is 11.3 Å². The van der Waals surface area contributed by atoms with Crippen molar-refractivity contribution in [2.45, 2.75) is 6.42 Å². The van der Waals surface area contributed by atoms with Gasteiger partial charge in [-0.05, 0) is 46.6 Å². The highest BCUT2D eigenvalue weighted by atomic mass is 79.9. The van der Waals surface area contributed by atoms with Gasteiger partial charge < -0.3 is 10.6 Å². The second-order valence-corrected chi connectivity index (χ2v) is 5.98. The van der Waals surface area contributed by atoms with E-state index in [-0.39, 0.29) is 5.91 Å². The largest absolute Gasteiger partial charge is 0.388 e. The molecule has 1 amide bonds. The van der Waals surface area contributed by atoms with E-state index in [1.807, 2.05) is 36.7 Å². The standard InChI is InChI=1S/C14H15BrN2OS/c1-16-12-4-2-3-10(7-12)14(18)17-6-5-13-8-11(15)9-19-13/h2-4,7-9,16H,5-6H2,1H3,(H,17,18). The van der Waals surface area contributed by atoms with Gasteiger partial charge in [0.25, 0.3) is 5.91 Å². The van der Waals surface area contributed by atoms with Crippen LogP contribution in [0.15, 0.2) is 40.2 Å². The summed E-state index contributed by atoms with van der Waals surface area (Å²) in [6, 6.07) is 9.55. The first kappa shape index (κ1) is 14.1. The van der Waals surface area contributed by atoms with Gasteiger partial charge in [0.1, 0.15) is 0 Å². The van der Waals surface area contributed by atoms with E-state index in [0.717, 1.165) is 16.6 Å². The van der Waals surface area contributed by atoms with Crippen LogP contribution in [0.25, 0.3) is 0 Å². The van der Waals surface area contributed by atoms with Crippen molar-refractivity contribution in [1.29, 1.82) is 0 Å². The Morgan fingerprint density at radius 3 is 2.89 bits per heavy atom. The zero-order valence-electron chi connectivity index (χ0n) is 10.6. The van der Waals surface area contributed by atoms with Crippen molar-refractivity contribution in [1.82, 2.24) is 5.32 Å². The molecule has 1 heterocycles. The lowest BCUT2D eigenvalue weighted by molar-refractivity contribution is 0.0954. The molecule has 0 aliphatic carbocycles. The zero-order valence-corrected chi connectivity index (χ0v) is 13.0. The number of hydrogen-bond acceptors (Lipinski definition) is 3. The Kier molecular flexibility index (Phi) is 4.99. The minimum absolute atomic E-state index is 0.0345. The highest BCUT2D eigenvalue weighted by Crippen LogP contribution is 2.19. The summed E-state index contributed by atoms with van der Waals surface area (Å²) in [4.78, 5) is 13.2. The number of carbonyl (C=O) groups is 1. The Hall–Kier alpha value is -1.33. The SMILES string of the molecule is CNc1cccc(C(=O)NCCc2cc(Br)cs2)c1. The van der Waals surface area contributed by atoms with E-state index in [2.05, 4.69) is 32.6 Å².